The Morgan fingerprint density at radius 1 is 1.50 bits per heavy atom. The van der Waals surface area contributed by atoms with Crippen LogP contribution in [0.25, 0.3) is 0 Å². The molecule has 2 heterocycles. The smallest absolute Gasteiger partial charge is 0.123 e. The van der Waals surface area contributed by atoms with Crippen molar-refractivity contribution in [2.75, 3.05) is 12.3 Å². The van der Waals surface area contributed by atoms with Gasteiger partial charge in [-0.1, -0.05) is 6.92 Å². The molecule has 0 saturated heterocycles. The van der Waals surface area contributed by atoms with Gasteiger partial charge >= 0.3 is 0 Å². The standard InChI is InChI=1S/C13H16BrN3S/c1-2-16-11(12-7-10(14)8-18-12)5-9-3-4-17-13(15)6-9/h3-4,6-8,11,16H,2,5H2,1H3,(H2,15,17). The minimum Gasteiger partial charge on any atom is -0.384 e. The Morgan fingerprint density at radius 3 is 2.94 bits per heavy atom. The van der Waals surface area contributed by atoms with E-state index < -0.39 is 0 Å². The Kier molecular flexibility index (Phi) is 4.74. The molecule has 0 bridgehead atoms. The van der Waals surface area contributed by atoms with Crippen molar-refractivity contribution >= 4 is 33.1 Å². The largest absolute Gasteiger partial charge is 0.384 e. The molecule has 0 fully saturated rings. The van der Waals surface area contributed by atoms with E-state index in [1.807, 2.05) is 12.1 Å². The van der Waals surface area contributed by atoms with Crippen LogP contribution in [-0.2, 0) is 6.42 Å². The van der Waals surface area contributed by atoms with Crippen LogP contribution in [0.2, 0.25) is 0 Å². The molecule has 0 aliphatic heterocycles. The van der Waals surface area contributed by atoms with Crippen LogP contribution in [0.4, 0.5) is 5.82 Å². The number of pyridine rings is 1. The molecule has 0 aromatic carbocycles. The minimum absolute atomic E-state index is 0.327. The monoisotopic (exact) mass is 325 g/mol. The van der Waals surface area contributed by atoms with E-state index in [-0.39, 0.29) is 0 Å². The van der Waals surface area contributed by atoms with Crippen LogP contribution in [0, 0.1) is 0 Å². The normalized spacial score (nSPS) is 12.6. The van der Waals surface area contributed by atoms with Crippen molar-refractivity contribution in [1.29, 1.82) is 0 Å². The second kappa shape index (κ2) is 6.31. The zero-order chi connectivity index (χ0) is 13.0. The highest BCUT2D eigenvalue weighted by atomic mass is 79.9. The van der Waals surface area contributed by atoms with Crippen LogP contribution < -0.4 is 11.1 Å². The lowest BCUT2D eigenvalue weighted by molar-refractivity contribution is 0.558. The molecule has 2 rings (SSSR count). The molecule has 0 aliphatic carbocycles. The van der Waals surface area contributed by atoms with E-state index in [1.165, 1.54) is 10.4 Å². The highest BCUT2D eigenvalue weighted by molar-refractivity contribution is 9.10. The van der Waals surface area contributed by atoms with Gasteiger partial charge in [-0.2, -0.15) is 0 Å². The maximum Gasteiger partial charge on any atom is 0.123 e. The lowest BCUT2D eigenvalue weighted by Gasteiger charge is -2.16. The van der Waals surface area contributed by atoms with Gasteiger partial charge in [0, 0.05) is 27.0 Å². The number of nitrogens with one attached hydrogen (secondary N) is 1. The summed E-state index contributed by atoms with van der Waals surface area (Å²) >= 11 is 5.27. The third-order valence-electron chi connectivity index (χ3n) is 2.67. The Labute approximate surface area is 120 Å². The number of anilines is 1. The third-order valence-corrected chi connectivity index (χ3v) is 4.47. The SMILES string of the molecule is CCNC(Cc1ccnc(N)c1)c1cc(Br)cs1. The number of nitrogens with two attached hydrogens (primary N) is 1. The van der Waals surface area contributed by atoms with Crippen molar-refractivity contribution in [3.8, 4) is 0 Å². The van der Waals surface area contributed by atoms with Gasteiger partial charge in [0.15, 0.2) is 0 Å². The molecule has 3 N–H and O–H groups in total. The Balaban J connectivity index is 2.16. The third kappa shape index (κ3) is 3.54. The fourth-order valence-electron chi connectivity index (χ4n) is 1.89. The Hall–Kier alpha value is -0.910. The highest BCUT2D eigenvalue weighted by Crippen LogP contribution is 2.28. The van der Waals surface area contributed by atoms with E-state index in [4.69, 9.17) is 5.73 Å². The van der Waals surface area contributed by atoms with Gasteiger partial charge in [-0.15, -0.1) is 11.3 Å². The summed E-state index contributed by atoms with van der Waals surface area (Å²) < 4.78 is 1.14. The van der Waals surface area contributed by atoms with Crippen molar-refractivity contribution < 1.29 is 0 Å². The highest BCUT2D eigenvalue weighted by Gasteiger charge is 2.13. The first-order valence-electron chi connectivity index (χ1n) is 5.86. The van der Waals surface area contributed by atoms with Crippen LogP contribution in [0.3, 0.4) is 0 Å². The summed E-state index contributed by atoms with van der Waals surface area (Å²) in [5.74, 6) is 0.579. The van der Waals surface area contributed by atoms with E-state index >= 15 is 0 Å². The van der Waals surface area contributed by atoms with Crippen LogP contribution in [0.15, 0.2) is 34.2 Å². The maximum atomic E-state index is 5.71. The molecule has 1 unspecified atom stereocenters. The van der Waals surface area contributed by atoms with Crippen LogP contribution in [0.1, 0.15) is 23.4 Å². The molecule has 1 atom stereocenters. The van der Waals surface area contributed by atoms with Gasteiger partial charge < -0.3 is 11.1 Å². The molecule has 3 nitrogen and oxygen atoms in total. The number of halogens is 1. The number of thiophene rings is 1. The Bertz CT molecular complexity index is 512. The molecule has 0 spiro atoms. The molecule has 2 aromatic heterocycles. The molecule has 0 amide bonds. The lowest BCUT2D eigenvalue weighted by Crippen LogP contribution is -2.22. The molecule has 0 aliphatic rings. The van der Waals surface area contributed by atoms with Crippen molar-refractivity contribution in [2.24, 2.45) is 0 Å². The second-order valence-corrected chi connectivity index (χ2v) is 5.93. The maximum absolute atomic E-state index is 5.71. The number of hydrogen-bond acceptors (Lipinski definition) is 4. The van der Waals surface area contributed by atoms with Gasteiger partial charge in [0.05, 0.1) is 0 Å². The van der Waals surface area contributed by atoms with Gasteiger partial charge in [0.2, 0.25) is 0 Å². The van der Waals surface area contributed by atoms with E-state index in [9.17, 15) is 0 Å². The van der Waals surface area contributed by atoms with E-state index in [0.717, 1.165) is 17.4 Å². The summed E-state index contributed by atoms with van der Waals surface area (Å²) in [5, 5.41) is 5.62. The van der Waals surface area contributed by atoms with Crippen molar-refractivity contribution in [1.82, 2.24) is 10.3 Å². The first-order valence-corrected chi connectivity index (χ1v) is 7.54. The van der Waals surface area contributed by atoms with Gasteiger partial charge in [-0.05, 0) is 52.7 Å². The van der Waals surface area contributed by atoms with Crippen molar-refractivity contribution in [3.63, 3.8) is 0 Å². The average molecular weight is 326 g/mol. The number of nitrogen functional groups attached to an aromatic ring is 1. The molecule has 18 heavy (non-hydrogen) atoms. The minimum atomic E-state index is 0.327. The number of likely N-dealkylation sites (N-methyl/N-ethyl adjacent to an activating group) is 1. The number of nitrogens with zero attached hydrogens (tertiary/aromatic N) is 1. The fraction of sp³-hybridized carbons (Fsp3) is 0.308. The molecular formula is C13H16BrN3S. The van der Waals surface area contributed by atoms with Crippen LogP contribution in [-0.4, -0.2) is 11.5 Å². The molecule has 2 aromatic rings. The molecule has 0 radical (unpaired) electrons. The zero-order valence-corrected chi connectivity index (χ0v) is 12.6. The topological polar surface area (TPSA) is 50.9 Å². The Morgan fingerprint density at radius 2 is 2.33 bits per heavy atom. The van der Waals surface area contributed by atoms with Crippen LogP contribution in [0.5, 0.6) is 0 Å². The molecule has 96 valence electrons. The van der Waals surface area contributed by atoms with Crippen LogP contribution >= 0.6 is 27.3 Å². The van der Waals surface area contributed by atoms with Gasteiger partial charge in [0.25, 0.3) is 0 Å². The summed E-state index contributed by atoms with van der Waals surface area (Å²) in [6, 6.07) is 6.45. The number of aromatic nitrogens is 1. The first kappa shape index (κ1) is 13.5. The van der Waals surface area contributed by atoms with Gasteiger partial charge in [-0.25, -0.2) is 4.98 Å². The van der Waals surface area contributed by atoms with E-state index in [0.29, 0.717) is 11.9 Å². The predicted molar refractivity (Wildman–Crippen MR) is 80.8 cm³/mol. The average Bonchev–Trinajstić information content (AvgIpc) is 2.75. The fourth-order valence-corrected chi connectivity index (χ4v) is 3.41. The predicted octanol–water partition coefficient (Wildman–Crippen LogP) is 3.38. The van der Waals surface area contributed by atoms with E-state index in [2.05, 4.69) is 44.6 Å². The van der Waals surface area contributed by atoms with Gasteiger partial charge in [-0.3, -0.25) is 0 Å². The quantitative estimate of drug-likeness (QED) is 0.886. The summed E-state index contributed by atoms with van der Waals surface area (Å²) in [5.41, 5.74) is 6.92. The number of hydrogen-bond donors (Lipinski definition) is 2. The molecule has 0 saturated carbocycles. The summed E-state index contributed by atoms with van der Waals surface area (Å²) in [4.78, 5) is 5.35. The lowest BCUT2D eigenvalue weighted by atomic mass is 10.1. The summed E-state index contributed by atoms with van der Waals surface area (Å²) in [6.45, 7) is 3.07. The zero-order valence-electron chi connectivity index (χ0n) is 10.2. The molecular weight excluding hydrogens is 310 g/mol. The summed E-state index contributed by atoms with van der Waals surface area (Å²) in [6.07, 6.45) is 2.69. The van der Waals surface area contributed by atoms with Crippen molar-refractivity contribution in [2.45, 2.75) is 19.4 Å². The van der Waals surface area contributed by atoms with Gasteiger partial charge in [0.1, 0.15) is 5.82 Å². The van der Waals surface area contributed by atoms with E-state index in [1.54, 1.807) is 17.5 Å². The van der Waals surface area contributed by atoms with Crippen molar-refractivity contribution in [3.05, 3.63) is 44.7 Å². The second-order valence-electron chi connectivity index (χ2n) is 4.07. The first-order chi connectivity index (χ1) is 8.69. The summed E-state index contributed by atoms with van der Waals surface area (Å²) in [7, 11) is 0. The number of rotatable bonds is 5. The molecule has 5 heteroatoms.